The summed E-state index contributed by atoms with van der Waals surface area (Å²) < 4.78 is 56.2. The minimum Gasteiger partial charge on any atom is -0.358 e. The zero-order valence-electron chi connectivity index (χ0n) is 14.6. The zero-order valence-corrected chi connectivity index (χ0v) is 15.3. The Hall–Kier alpha value is -2.93. The molecule has 146 valence electrons. The van der Waals surface area contributed by atoms with E-state index in [0.717, 1.165) is 16.9 Å². The van der Waals surface area contributed by atoms with Gasteiger partial charge in [-0.15, -0.1) is 0 Å². The fourth-order valence-corrected chi connectivity index (χ4v) is 3.02. The van der Waals surface area contributed by atoms with Gasteiger partial charge in [0, 0.05) is 5.56 Å². The van der Waals surface area contributed by atoms with Crippen molar-refractivity contribution in [3.63, 3.8) is 0 Å². The fraction of sp³-hybridized carbons (Fsp3) is 0.294. The molecule has 0 bridgehead atoms. The van der Waals surface area contributed by atoms with Crippen LogP contribution in [0.5, 0.6) is 0 Å². The summed E-state index contributed by atoms with van der Waals surface area (Å²) in [4.78, 5) is 7.81. The van der Waals surface area contributed by atoms with E-state index in [-0.39, 0.29) is 33.4 Å². The molecule has 0 spiro atoms. The van der Waals surface area contributed by atoms with Gasteiger partial charge in [-0.3, -0.25) is 0 Å². The third kappa shape index (κ3) is 3.57. The van der Waals surface area contributed by atoms with E-state index in [1.54, 1.807) is 6.07 Å². The van der Waals surface area contributed by atoms with Gasteiger partial charge in [0.25, 0.3) is 5.78 Å². The minimum absolute atomic E-state index is 0.0463. The van der Waals surface area contributed by atoms with Crippen molar-refractivity contribution in [2.75, 3.05) is 5.32 Å². The number of hydrogen-bond donors (Lipinski definition) is 1. The second-order valence-electron chi connectivity index (χ2n) is 6.31. The van der Waals surface area contributed by atoms with Crippen molar-refractivity contribution >= 4 is 23.2 Å². The quantitative estimate of drug-likeness (QED) is 0.505. The number of halogens is 5. The lowest BCUT2D eigenvalue weighted by molar-refractivity contribution is -0.150. The second-order valence-corrected chi connectivity index (χ2v) is 6.67. The van der Waals surface area contributed by atoms with Crippen LogP contribution in [0, 0.1) is 23.1 Å². The molecular formula is C17H13ClF4N6. The molecule has 0 saturated heterocycles. The molecule has 0 aliphatic rings. The molecule has 2 heterocycles. The lowest BCUT2D eigenvalue weighted by atomic mass is 10.0. The molecular weight excluding hydrogens is 400 g/mol. The van der Waals surface area contributed by atoms with E-state index in [0.29, 0.717) is 0 Å². The highest BCUT2D eigenvalue weighted by molar-refractivity contribution is 6.33. The fourth-order valence-electron chi connectivity index (χ4n) is 2.75. The smallest absolute Gasteiger partial charge is 0.358 e. The largest absolute Gasteiger partial charge is 0.408 e. The van der Waals surface area contributed by atoms with E-state index in [4.69, 9.17) is 16.9 Å². The number of alkyl halides is 3. The Morgan fingerprint density at radius 2 is 2.00 bits per heavy atom. The van der Waals surface area contributed by atoms with Gasteiger partial charge in [-0.25, -0.2) is 4.39 Å². The lowest BCUT2D eigenvalue weighted by Gasteiger charge is -2.27. The van der Waals surface area contributed by atoms with E-state index in [2.05, 4.69) is 20.4 Å². The zero-order chi connectivity index (χ0) is 20.6. The average Bonchev–Trinajstić information content (AvgIpc) is 3.06. The van der Waals surface area contributed by atoms with E-state index >= 15 is 0 Å². The van der Waals surface area contributed by atoms with Crippen molar-refractivity contribution in [2.45, 2.75) is 26.1 Å². The molecule has 1 atom stereocenters. The molecule has 1 aromatic carbocycles. The van der Waals surface area contributed by atoms with Crippen LogP contribution in [-0.2, 0) is 0 Å². The summed E-state index contributed by atoms with van der Waals surface area (Å²) in [6.45, 7) is 2.79. The van der Waals surface area contributed by atoms with Gasteiger partial charge in [0.1, 0.15) is 29.2 Å². The highest BCUT2D eigenvalue weighted by Gasteiger charge is 2.42. The lowest BCUT2D eigenvalue weighted by Crippen LogP contribution is -2.41. The van der Waals surface area contributed by atoms with Crippen LogP contribution in [0.25, 0.3) is 16.9 Å². The summed E-state index contributed by atoms with van der Waals surface area (Å²) in [6, 6.07) is 3.37. The molecule has 1 N–H and O–H groups in total. The molecule has 3 rings (SSSR count). The summed E-state index contributed by atoms with van der Waals surface area (Å²) >= 11 is 6.18. The molecule has 3 aromatic rings. The number of nitrogens with one attached hydrogen (secondary N) is 1. The molecule has 0 aliphatic heterocycles. The first kappa shape index (κ1) is 19.8. The van der Waals surface area contributed by atoms with E-state index in [1.807, 2.05) is 0 Å². The normalized spacial score (nSPS) is 13.0. The first-order valence-electron chi connectivity index (χ1n) is 8.06. The van der Waals surface area contributed by atoms with Crippen molar-refractivity contribution in [3.05, 3.63) is 41.1 Å². The Kier molecular flexibility index (Phi) is 5.12. The molecule has 0 unspecified atom stereocenters. The highest BCUT2D eigenvalue weighted by atomic mass is 35.5. The first-order valence-corrected chi connectivity index (χ1v) is 8.43. The van der Waals surface area contributed by atoms with Crippen LogP contribution in [0.3, 0.4) is 0 Å². The van der Waals surface area contributed by atoms with Crippen molar-refractivity contribution in [2.24, 2.45) is 5.92 Å². The van der Waals surface area contributed by atoms with E-state index in [1.165, 1.54) is 26.0 Å². The number of nitrogens with zero attached hydrogens (tertiary/aromatic N) is 5. The van der Waals surface area contributed by atoms with E-state index < -0.39 is 24.0 Å². The van der Waals surface area contributed by atoms with Crippen molar-refractivity contribution in [1.29, 1.82) is 5.26 Å². The van der Waals surface area contributed by atoms with Gasteiger partial charge in [0.2, 0.25) is 0 Å². The Balaban J connectivity index is 2.28. The van der Waals surface area contributed by atoms with Crippen LogP contribution in [0.2, 0.25) is 5.15 Å². The monoisotopic (exact) mass is 412 g/mol. The predicted molar refractivity (Wildman–Crippen MR) is 94.2 cm³/mol. The van der Waals surface area contributed by atoms with Crippen molar-refractivity contribution in [3.8, 4) is 17.2 Å². The van der Waals surface area contributed by atoms with Gasteiger partial charge in [-0.1, -0.05) is 25.4 Å². The molecule has 2 aromatic heterocycles. The molecule has 0 aliphatic carbocycles. The van der Waals surface area contributed by atoms with Gasteiger partial charge < -0.3 is 5.32 Å². The van der Waals surface area contributed by atoms with Crippen LogP contribution in [-0.4, -0.2) is 31.8 Å². The summed E-state index contributed by atoms with van der Waals surface area (Å²) in [7, 11) is 0. The predicted octanol–water partition coefficient (Wildman–Crippen LogP) is 4.45. The Morgan fingerprint density at radius 3 is 2.57 bits per heavy atom. The number of rotatable bonds is 4. The molecule has 11 heteroatoms. The number of nitriles is 1. The third-order valence-corrected chi connectivity index (χ3v) is 4.34. The number of fused-ring (bicyclic) bond motifs is 1. The summed E-state index contributed by atoms with van der Waals surface area (Å²) in [5, 5.41) is 14.9. The second kappa shape index (κ2) is 7.24. The maximum absolute atomic E-state index is 14.6. The first-order chi connectivity index (χ1) is 13.1. The molecule has 0 saturated carbocycles. The summed E-state index contributed by atoms with van der Waals surface area (Å²) in [5.74, 6) is -1.93. The van der Waals surface area contributed by atoms with Crippen molar-refractivity contribution in [1.82, 2.24) is 19.6 Å². The summed E-state index contributed by atoms with van der Waals surface area (Å²) in [5.41, 5.74) is -0.185. The highest BCUT2D eigenvalue weighted by Crippen LogP contribution is 2.38. The standard InChI is InChI=1S/C17H13ClF4N6/c1-8(2)13(17(20,21)22)26-15-12(10-4-3-9(6-23)5-11(10)19)14(18)27-16-24-7-25-28(15)16/h3-5,7-8,13,26H,1-2H3/t13-/m1/s1. The van der Waals surface area contributed by atoms with E-state index in [9.17, 15) is 17.6 Å². The third-order valence-electron chi connectivity index (χ3n) is 4.06. The Bertz CT molecular complexity index is 1070. The Labute approximate surface area is 161 Å². The molecule has 0 fully saturated rings. The topological polar surface area (TPSA) is 78.9 Å². The molecule has 28 heavy (non-hydrogen) atoms. The number of hydrogen-bond acceptors (Lipinski definition) is 5. The number of benzene rings is 1. The van der Waals surface area contributed by atoms with Gasteiger partial charge in [-0.2, -0.15) is 38.0 Å². The SMILES string of the molecule is CC(C)[C@@H](Nc1c(-c2ccc(C#N)cc2F)c(Cl)nc2ncnn12)C(F)(F)F. The minimum atomic E-state index is -4.59. The van der Waals surface area contributed by atoms with Crippen molar-refractivity contribution < 1.29 is 17.6 Å². The van der Waals surface area contributed by atoms with Gasteiger partial charge in [-0.05, 0) is 24.1 Å². The molecule has 0 radical (unpaired) electrons. The van der Waals surface area contributed by atoms with Gasteiger partial charge in [0.05, 0.1) is 17.2 Å². The summed E-state index contributed by atoms with van der Waals surface area (Å²) in [6.07, 6.45) is -3.49. The van der Waals surface area contributed by atoms with Gasteiger partial charge in [0.15, 0.2) is 0 Å². The van der Waals surface area contributed by atoms with Gasteiger partial charge >= 0.3 is 6.18 Å². The average molecular weight is 413 g/mol. The van der Waals surface area contributed by atoms with Crippen LogP contribution >= 0.6 is 11.6 Å². The number of anilines is 1. The van der Waals surface area contributed by atoms with Crippen LogP contribution in [0.4, 0.5) is 23.4 Å². The maximum atomic E-state index is 14.6. The van der Waals surface area contributed by atoms with Crippen LogP contribution in [0.1, 0.15) is 19.4 Å². The molecule has 0 amide bonds. The Morgan fingerprint density at radius 1 is 1.29 bits per heavy atom. The number of aromatic nitrogens is 4. The molecule has 6 nitrogen and oxygen atoms in total. The maximum Gasteiger partial charge on any atom is 0.408 e. The van der Waals surface area contributed by atoms with Crippen LogP contribution < -0.4 is 5.32 Å². The van der Waals surface area contributed by atoms with Crippen LogP contribution in [0.15, 0.2) is 24.5 Å².